The van der Waals surface area contributed by atoms with Crippen LogP contribution in [0.15, 0.2) is 6.20 Å². The van der Waals surface area contributed by atoms with Crippen LogP contribution in [0.5, 0.6) is 0 Å². The highest BCUT2D eigenvalue weighted by Crippen LogP contribution is 2.35. The highest BCUT2D eigenvalue weighted by atomic mass is 17.4. The van der Waals surface area contributed by atoms with E-state index < -0.39 is 43.4 Å². The first-order chi connectivity index (χ1) is 19.9. The molecule has 0 spiro atoms. The minimum atomic E-state index is -1.51. The summed E-state index contributed by atoms with van der Waals surface area (Å²) in [5, 5.41) is 141. The molecule has 2 fully saturated rings. The third-order valence-electron chi connectivity index (χ3n) is 5.28. The van der Waals surface area contributed by atoms with E-state index in [1.165, 1.54) is 0 Å². The molecular weight excluding hydrogens is 598 g/mol. The molecule has 0 radical (unpaired) electrons. The molecule has 1 saturated heterocycles. The van der Waals surface area contributed by atoms with Gasteiger partial charge in [0.15, 0.2) is 13.1 Å². The van der Waals surface area contributed by atoms with Crippen LogP contribution in [0.25, 0.3) is 0 Å². The van der Waals surface area contributed by atoms with Crippen molar-refractivity contribution in [2.24, 2.45) is 11.8 Å². The Morgan fingerprint density at radius 1 is 0.833 bits per heavy atom. The minimum absolute atomic E-state index is 0. The average Bonchev–Trinajstić information content (AvgIpc) is 3.49. The van der Waals surface area contributed by atoms with E-state index in [-0.39, 0.29) is 39.3 Å². The Hall–Kier alpha value is -1.74. The van der Waals surface area contributed by atoms with E-state index >= 15 is 0 Å². The van der Waals surface area contributed by atoms with E-state index in [2.05, 4.69) is 15.4 Å². The molecule has 8 atom stereocenters. The summed E-state index contributed by atoms with van der Waals surface area (Å²) in [6.07, 6.45) is -4.97. The Kier molecular flexibility index (Phi) is 40.1. The van der Waals surface area contributed by atoms with Crippen LogP contribution in [0.2, 0.25) is 0 Å². The highest BCUT2D eigenvalue weighted by molar-refractivity contribution is 4.93. The molecule has 2 aliphatic rings. The molecule has 1 aromatic heterocycles. The number of ether oxygens (including phenoxy) is 3. The quantitative estimate of drug-likeness (QED) is 0.0561. The molecule has 1 aliphatic carbocycles. The van der Waals surface area contributed by atoms with E-state index in [0.717, 1.165) is 0 Å². The van der Waals surface area contributed by atoms with Crippen molar-refractivity contribution in [2.75, 3.05) is 20.0 Å². The lowest BCUT2D eigenvalue weighted by molar-refractivity contribution is -0.465. The van der Waals surface area contributed by atoms with Crippen molar-refractivity contribution in [3.05, 3.63) is 11.9 Å². The van der Waals surface area contributed by atoms with E-state index in [0.29, 0.717) is 18.7 Å². The molecule has 0 bridgehead atoms. The summed E-state index contributed by atoms with van der Waals surface area (Å²) in [6, 6.07) is 0. The molecular formula is C17H43N3O22. The van der Waals surface area contributed by atoms with Crippen LogP contribution >= 0.6 is 0 Å². The lowest BCUT2D eigenvalue weighted by Crippen LogP contribution is -2.59. The Morgan fingerprint density at radius 2 is 1.36 bits per heavy atom. The molecule has 25 heteroatoms. The molecule has 0 amide bonds. The summed E-state index contributed by atoms with van der Waals surface area (Å²) in [6.45, 7) is -0.290. The fraction of sp³-hybridized carbons (Fsp3) is 0.882. The van der Waals surface area contributed by atoms with Crippen molar-refractivity contribution in [1.29, 1.82) is 0 Å². The standard InChI is InChI=1S/C16H27N3O9.CH4.H2O3.5H2O2/c20-4-8-1-11(22)10(8)3-19-2-9(17-18-19)6-26-7-27-16-15(25)14(24)13(23)12(5-21)28-16;;1-3-2;5*1-2/h2,8,10-16,20-25H,1,3-7H2;1H4;1-2H;5*1-2H. The normalized spacial score (nSPS) is 26.7. The smallest absolute Gasteiger partial charge is 0.189 e. The van der Waals surface area contributed by atoms with Crippen molar-refractivity contribution in [1.82, 2.24) is 15.0 Å². The van der Waals surface area contributed by atoms with Gasteiger partial charge in [-0.1, -0.05) is 17.7 Å². The van der Waals surface area contributed by atoms with E-state index in [1.807, 2.05) is 0 Å². The Bertz CT molecular complexity index is 647. The molecule has 258 valence electrons. The molecule has 18 N–H and O–H groups in total. The third-order valence-corrected chi connectivity index (χ3v) is 5.28. The van der Waals surface area contributed by atoms with Crippen molar-refractivity contribution in [3.8, 4) is 0 Å². The van der Waals surface area contributed by atoms with E-state index in [4.69, 9.17) is 82.4 Å². The van der Waals surface area contributed by atoms with Gasteiger partial charge < -0.3 is 44.8 Å². The second kappa shape index (κ2) is 33.8. The number of nitrogens with zero attached hydrogens (tertiary/aromatic N) is 3. The van der Waals surface area contributed by atoms with Gasteiger partial charge >= 0.3 is 0 Å². The summed E-state index contributed by atoms with van der Waals surface area (Å²) in [5.41, 5.74) is 0.520. The molecule has 1 saturated carbocycles. The van der Waals surface area contributed by atoms with E-state index in [1.54, 1.807) is 10.9 Å². The predicted molar refractivity (Wildman–Crippen MR) is 129 cm³/mol. The highest BCUT2D eigenvalue weighted by Gasteiger charge is 2.44. The summed E-state index contributed by atoms with van der Waals surface area (Å²) in [4.78, 5) is 0. The fourth-order valence-electron chi connectivity index (χ4n) is 3.44. The molecule has 0 aromatic carbocycles. The number of hydrogen-bond acceptors (Lipinski definition) is 24. The maximum absolute atomic E-state index is 9.86. The van der Waals surface area contributed by atoms with Gasteiger partial charge in [-0.15, -0.1) is 5.10 Å². The topological polar surface area (TPSA) is 432 Å². The lowest BCUT2D eigenvalue weighted by atomic mass is 9.71. The largest absolute Gasteiger partial charge is 0.396 e. The van der Waals surface area contributed by atoms with Crippen molar-refractivity contribution in [2.45, 2.75) is 63.8 Å². The second-order valence-electron chi connectivity index (χ2n) is 7.25. The molecule has 25 nitrogen and oxygen atoms in total. The van der Waals surface area contributed by atoms with Crippen molar-refractivity contribution >= 4 is 0 Å². The predicted octanol–water partition coefficient (Wildman–Crippen LogP) is -2.77. The van der Waals surface area contributed by atoms with Crippen LogP contribution < -0.4 is 0 Å². The maximum atomic E-state index is 9.86. The zero-order valence-electron chi connectivity index (χ0n) is 21.0. The van der Waals surface area contributed by atoms with Gasteiger partial charge in [0.1, 0.15) is 30.1 Å². The first kappa shape index (κ1) is 49.9. The van der Waals surface area contributed by atoms with Crippen molar-refractivity contribution < 1.29 is 113 Å². The van der Waals surface area contributed by atoms with Crippen LogP contribution in [-0.4, -0.2) is 166 Å². The number of rotatable bonds is 9. The monoisotopic (exact) mass is 641 g/mol. The van der Waals surface area contributed by atoms with Crippen molar-refractivity contribution in [3.63, 3.8) is 0 Å². The zero-order chi connectivity index (χ0) is 33.0. The second-order valence-corrected chi connectivity index (χ2v) is 7.25. The van der Waals surface area contributed by atoms with E-state index in [9.17, 15) is 25.5 Å². The summed E-state index contributed by atoms with van der Waals surface area (Å²) >= 11 is 0. The number of hydrogen-bond donors (Lipinski definition) is 18. The number of aliphatic hydroxyl groups is 6. The van der Waals surface area contributed by atoms with Gasteiger partial charge in [0.25, 0.3) is 0 Å². The molecule has 2 heterocycles. The van der Waals surface area contributed by atoms with Crippen LogP contribution in [0, 0.1) is 11.8 Å². The summed E-state index contributed by atoms with van der Waals surface area (Å²) < 4.78 is 17.3. The lowest BCUT2D eigenvalue weighted by Gasteiger charge is -2.40. The molecule has 3 rings (SSSR count). The van der Waals surface area contributed by atoms with Gasteiger partial charge in [0.05, 0.1) is 25.5 Å². The van der Waals surface area contributed by atoms with Gasteiger partial charge in [-0.2, -0.15) is 0 Å². The Labute approximate surface area is 236 Å². The van der Waals surface area contributed by atoms with Gasteiger partial charge in [-0.3, -0.25) is 57.3 Å². The fourth-order valence-corrected chi connectivity index (χ4v) is 3.44. The van der Waals surface area contributed by atoms with Gasteiger partial charge in [-0.05, 0) is 12.3 Å². The third kappa shape index (κ3) is 18.0. The Balaban J connectivity index is -0.000000286. The van der Waals surface area contributed by atoms with Gasteiger partial charge in [-0.25, -0.2) is 10.5 Å². The maximum Gasteiger partial charge on any atom is 0.189 e. The molecule has 1 aromatic rings. The first-order valence-electron chi connectivity index (χ1n) is 10.5. The van der Waals surface area contributed by atoms with Crippen LogP contribution in [0.3, 0.4) is 0 Å². The Morgan fingerprint density at radius 3 is 1.81 bits per heavy atom. The van der Waals surface area contributed by atoms with Crippen LogP contribution in [0.4, 0.5) is 0 Å². The van der Waals surface area contributed by atoms with Gasteiger partial charge in [0, 0.05) is 19.1 Å². The average molecular weight is 642 g/mol. The minimum Gasteiger partial charge on any atom is -0.396 e. The molecule has 1 aliphatic heterocycles. The molecule has 8 unspecified atom stereocenters. The summed E-state index contributed by atoms with van der Waals surface area (Å²) in [5.74, 6) is 0.000764. The molecule has 42 heavy (non-hydrogen) atoms. The van der Waals surface area contributed by atoms with Crippen LogP contribution in [0.1, 0.15) is 19.5 Å². The first-order valence-corrected chi connectivity index (χ1v) is 10.5. The zero-order valence-corrected chi connectivity index (χ0v) is 21.0. The van der Waals surface area contributed by atoms with Crippen LogP contribution in [-0.2, 0) is 32.4 Å². The summed E-state index contributed by atoms with van der Waals surface area (Å²) in [7, 11) is 0. The number of aliphatic hydroxyl groups excluding tert-OH is 6. The SMILES string of the molecule is C.OCC1CC(O)C1Cn1cc(COCOC2OC(CO)C(O)C(O)C2O)nn1.OO.OO.OO.OO.OO.OOO. The number of aromatic nitrogens is 3. The van der Waals surface area contributed by atoms with Gasteiger partial charge in [0.2, 0.25) is 0 Å².